The molecule has 0 aliphatic heterocycles. The molecular formula is C3H4O3. The van der Waals surface area contributed by atoms with E-state index >= 15 is 0 Å². The molecule has 0 unspecified atom stereocenters. The van der Waals surface area contributed by atoms with Crippen LogP contribution in [-0.2, 0) is 14.6 Å². The van der Waals surface area contributed by atoms with E-state index in [1.54, 1.807) is 0 Å². The summed E-state index contributed by atoms with van der Waals surface area (Å²) in [5.74, 6) is 0. The summed E-state index contributed by atoms with van der Waals surface area (Å²) in [5.41, 5.74) is 0. The van der Waals surface area contributed by atoms with E-state index in [2.05, 4.69) is 16.7 Å². The molecule has 0 heterocycles. The number of carbonyl (C=O) groups excluding carboxylic acids is 1. The lowest BCUT2D eigenvalue weighted by molar-refractivity contribution is -0.212. The second kappa shape index (κ2) is 4.43. The summed E-state index contributed by atoms with van der Waals surface area (Å²) in [7, 11) is 0. The zero-order chi connectivity index (χ0) is 4.83. The molecule has 0 fully saturated rings. The average molecular weight is 88.1 g/mol. The molecule has 0 saturated carbocycles. The van der Waals surface area contributed by atoms with Crippen LogP contribution < -0.4 is 0 Å². The van der Waals surface area contributed by atoms with Crippen LogP contribution in [0, 0.1) is 6.92 Å². The summed E-state index contributed by atoms with van der Waals surface area (Å²) in [6.07, 6.45) is 0. The summed E-state index contributed by atoms with van der Waals surface area (Å²) < 4.78 is 0. The Kier molecular flexibility index (Phi) is 4.01. The Morgan fingerprint density at radius 2 is 2.50 bits per heavy atom. The first kappa shape index (κ1) is 5.43. The first-order chi connectivity index (χ1) is 2.91. The van der Waals surface area contributed by atoms with Crippen molar-refractivity contribution >= 4 is 6.47 Å². The number of hydrogen-bond acceptors (Lipinski definition) is 3. The topological polar surface area (TPSA) is 35.5 Å². The average Bonchev–Trinajstić information content (AvgIpc) is 1.61. The Morgan fingerprint density at radius 3 is 2.67 bits per heavy atom. The smallest absolute Gasteiger partial charge is 0.285 e. The van der Waals surface area contributed by atoms with Gasteiger partial charge in [0.05, 0.1) is 6.61 Å². The molecule has 3 nitrogen and oxygen atoms in total. The van der Waals surface area contributed by atoms with Gasteiger partial charge in [0.2, 0.25) is 0 Å². The van der Waals surface area contributed by atoms with Gasteiger partial charge in [-0.15, -0.1) is 0 Å². The molecule has 0 N–H and O–H groups in total. The van der Waals surface area contributed by atoms with Crippen molar-refractivity contribution in [2.45, 2.75) is 0 Å². The van der Waals surface area contributed by atoms with Crippen molar-refractivity contribution in [3.05, 3.63) is 6.92 Å². The molecule has 0 bridgehead atoms. The highest BCUT2D eigenvalue weighted by Gasteiger charge is 1.73. The molecular weight excluding hydrogens is 84.0 g/mol. The Bertz CT molecular complexity index is 35.0. The molecule has 0 aromatic carbocycles. The second-order valence-electron chi connectivity index (χ2n) is 0.489. The van der Waals surface area contributed by atoms with Gasteiger partial charge in [0.1, 0.15) is 0 Å². The predicted molar refractivity (Wildman–Crippen MR) is 18.1 cm³/mol. The fourth-order valence-electron chi connectivity index (χ4n) is 0.0657. The van der Waals surface area contributed by atoms with Crippen LogP contribution in [0.1, 0.15) is 0 Å². The molecule has 0 amide bonds. The maximum atomic E-state index is 9.06. The van der Waals surface area contributed by atoms with Crippen molar-refractivity contribution in [3.63, 3.8) is 0 Å². The summed E-state index contributed by atoms with van der Waals surface area (Å²) in [4.78, 5) is 16.6. The van der Waals surface area contributed by atoms with E-state index in [9.17, 15) is 0 Å². The van der Waals surface area contributed by atoms with Gasteiger partial charge in [0.15, 0.2) is 0 Å². The first-order valence-electron chi connectivity index (χ1n) is 1.36. The minimum absolute atomic E-state index is 0.120. The summed E-state index contributed by atoms with van der Waals surface area (Å²) in [6, 6.07) is 0. The molecule has 0 rings (SSSR count). The van der Waals surface area contributed by atoms with Crippen LogP contribution in [0.25, 0.3) is 0 Å². The second-order valence-corrected chi connectivity index (χ2v) is 0.489. The number of hydrogen-bond donors (Lipinski definition) is 0. The molecule has 0 atom stereocenters. The van der Waals surface area contributed by atoms with E-state index in [0.29, 0.717) is 0 Å². The van der Waals surface area contributed by atoms with Crippen molar-refractivity contribution in [2.75, 3.05) is 6.61 Å². The van der Waals surface area contributed by atoms with E-state index in [4.69, 9.17) is 4.79 Å². The van der Waals surface area contributed by atoms with Gasteiger partial charge in [0.25, 0.3) is 0 Å². The summed E-state index contributed by atoms with van der Waals surface area (Å²) in [6.45, 7) is 4.37. The molecule has 6 heavy (non-hydrogen) atoms. The first-order valence-corrected chi connectivity index (χ1v) is 1.36. The minimum atomic E-state index is 0.120. The van der Waals surface area contributed by atoms with Gasteiger partial charge in [-0.1, -0.05) is 0 Å². The highest BCUT2D eigenvalue weighted by atomic mass is 17.2. The lowest BCUT2D eigenvalue weighted by Crippen LogP contribution is -1.88. The third-order valence-electron chi connectivity index (χ3n) is 0.176. The fraction of sp³-hybridized carbons (Fsp3) is 0.333. The van der Waals surface area contributed by atoms with E-state index < -0.39 is 0 Å². The van der Waals surface area contributed by atoms with Gasteiger partial charge in [-0.05, 0) is 6.92 Å². The van der Waals surface area contributed by atoms with Gasteiger partial charge in [-0.3, -0.25) is 4.89 Å². The zero-order valence-corrected chi connectivity index (χ0v) is 3.14. The quantitative estimate of drug-likeness (QED) is 0.273. The highest BCUT2D eigenvalue weighted by molar-refractivity contribution is 5.36. The van der Waals surface area contributed by atoms with Crippen molar-refractivity contribution in [3.8, 4) is 0 Å². The maximum Gasteiger partial charge on any atom is 0.453 e. The van der Waals surface area contributed by atoms with Crippen LogP contribution in [0.15, 0.2) is 0 Å². The van der Waals surface area contributed by atoms with Crippen molar-refractivity contribution in [2.24, 2.45) is 0 Å². The van der Waals surface area contributed by atoms with Crippen LogP contribution >= 0.6 is 0 Å². The molecule has 0 aromatic rings. The fourth-order valence-corrected chi connectivity index (χ4v) is 0.0657. The SMILES string of the molecule is [CH2]COO[C]=O. The number of rotatable bonds is 3. The van der Waals surface area contributed by atoms with Crippen LogP contribution in [0.4, 0.5) is 0 Å². The molecule has 0 aliphatic carbocycles. The van der Waals surface area contributed by atoms with Crippen LogP contribution in [0.5, 0.6) is 0 Å². The van der Waals surface area contributed by atoms with Gasteiger partial charge in [-0.2, -0.15) is 4.89 Å². The van der Waals surface area contributed by atoms with Crippen LogP contribution in [-0.4, -0.2) is 13.1 Å². The Morgan fingerprint density at radius 1 is 1.83 bits per heavy atom. The van der Waals surface area contributed by atoms with E-state index in [1.807, 2.05) is 0 Å². The minimum Gasteiger partial charge on any atom is -0.285 e. The zero-order valence-electron chi connectivity index (χ0n) is 3.14. The Labute approximate surface area is 35.8 Å². The third-order valence-corrected chi connectivity index (χ3v) is 0.176. The predicted octanol–water partition coefficient (Wildman–Crippen LogP) is -0.164. The largest absolute Gasteiger partial charge is 0.453 e. The standard InChI is InChI=1S/C3H4O3/c1-2-5-6-3-4/h1-2H2. The van der Waals surface area contributed by atoms with Gasteiger partial charge >= 0.3 is 6.47 Å². The van der Waals surface area contributed by atoms with Crippen LogP contribution in [0.3, 0.4) is 0 Å². The van der Waals surface area contributed by atoms with E-state index in [-0.39, 0.29) is 6.61 Å². The Hall–Kier alpha value is -0.570. The van der Waals surface area contributed by atoms with Crippen LogP contribution in [0.2, 0.25) is 0 Å². The van der Waals surface area contributed by atoms with Gasteiger partial charge in [0, 0.05) is 0 Å². The highest BCUT2D eigenvalue weighted by Crippen LogP contribution is 1.65. The summed E-state index contributed by atoms with van der Waals surface area (Å²) in [5, 5.41) is 0. The molecule has 2 radical (unpaired) electrons. The summed E-state index contributed by atoms with van der Waals surface area (Å²) >= 11 is 0. The molecule has 0 spiro atoms. The third kappa shape index (κ3) is 3.43. The van der Waals surface area contributed by atoms with Gasteiger partial charge in [-0.25, -0.2) is 4.79 Å². The molecule has 3 heteroatoms. The lowest BCUT2D eigenvalue weighted by atomic mass is 10.9. The normalized spacial score (nSPS) is 7.50. The van der Waals surface area contributed by atoms with Crippen molar-refractivity contribution < 1.29 is 14.6 Å². The molecule has 0 aliphatic rings. The lowest BCUT2D eigenvalue weighted by Gasteiger charge is -1.85. The van der Waals surface area contributed by atoms with Crippen molar-refractivity contribution in [1.82, 2.24) is 0 Å². The molecule has 0 saturated heterocycles. The van der Waals surface area contributed by atoms with Crippen molar-refractivity contribution in [1.29, 1.82) is 0 Å². The monoisotopic (exact) mass is 88.0 g/mol. The molecule has 0 aromatic heterocycles. The Balaban J connectivity index is 2.49. The van der Waals surface area contributed by atoms with E-state index in [1.165, 1.54) is 0 Å². The van der Waals surface area contributed by atoms with Gasteiger partial charge < -0.3 is 0 Å². The molecule has 34 valence electrons. The van der Waals surface area contributed by atoms with E-state index in [0.717, 1.165) is 6.47 Å². The maximum absolute atomic E-state index is 9.06.